The van der Waals surface area contributed by atoms with Crippen molar-refractivity contribution in [1.29, 1.82) is 5.41 Å². The van der Waals surface area contributed by atoms with Gasteiger partial charge >= 0.3 is 0 Å². The second kappa shape index (κ2) is 4.94. The van der Waals surface area contributed by atoms with Gasteiger partial charge < -0.3 is 5.73 Å². The molecule has 6 heteroatoms. The third-order valence-electron chi connectivity index (χ3n) is 1.73. The molecule has 0 rings (SSSR count). The second-order valence-corrected chi connectivity index (χ2v) is 6.61. The molecule has 0 aliphatic carbocycles. The van der Waals surface area contributed by atoms with Crippen molar-refractivity contribution in [3.63, 3.8) is 0 Å². The van der Waals surface area contributed by atoms with Crippen LogP contribution in [0.5, 0.6) is 0 Å². The van der Waals surface area contributed by atoms with Crippen molar-refractivity contribution >= 4 is 15.9 Å². The first-order valence-electron chi connectivity index (χ1n) is 4.91. The van der Waals surface area contributed by atoms with Gasteiger partial charge in [-0.1, -0.05) is 27.7 Å². The van der Waals surface area contributed by atoms with E-state index in [1.54, 1.807) is 6.92 Å². The zero-order valence-electron chi connectivity index (χ0n) is 9.79. The lowest BCUT2D eigenvalue weighted by atomic mass is 10.0. The maximum atomic E-state index is 11.7. The number of rotatable bonds is 5. The summed E-state index contributed by atoms with van der Waals surface area (Å²) < 4.78 is 25.7. The van der Waals surface area contributed by atoms with Gasteiger partial charge in [-0.3, -0.25) is 5.41 Å². The second-order valence-electron chi connectivity index (χ2n) is 4.85. The fourth-order valence-electron chi connectivity index (χ4n) is 1.20. The summed E-state index contributed by atoms with van der Waals surface area (Å²) in [6.07, 6.45) is 0.485. The smallest absolute Gasteiger partial charge is 0.212 e. The molecule has 0 aromatic carbocycles. The van der Waals surface area contributed by atoms with E-state index in [4.69, 9.17) is 11.1 Å². The highest BCUT2D eigenvalue weighted by Gasteiger charge is 2.24. The largest absolute Gasteiger partial charge is 0.386 e. The van der Waals surface area contributed by atoms with Crippen molar-refractivity contribution in [2.75, 3.05) is 5.75 Å². The van der Waals surface area contributed by atoms with Gasteiger partial charge in [0.2, 0.25) is 10.0 Å². The van der Waals surface area contributed by atoms with E-state index < -0.39 is 16.1 Å². The van der Waals surface area contributed by atoms with Crippen LogP contribution in [0.3, 0.4) is 0 Å². The molecule has 5 nitrogen and oxygen atoms in total. The fraction of sp³-hybridized carbons (Fsp3) is 0.889. The van der Waals surface area contributed by atoms with Crippen LogP contribution in [0.25, 0.3) is 0 Å². The van der Waals surface area contributed by atoms with Gasteiger partial charge in [0.25, 0.3) is 0 Å². The fourth-order valence-corrected chi connectivity index (χ4v) is 3.15. The topological polar surface area (TPSA) is 96.0 Å². The van der Waals surface area contributed by atoms with Crippen molar-refractivity contribution in [1.82, 2.24) is 4.72 Å². The summed E-state index contributed by atoms with van der Waals surface area (Å²) >= 11 is 0. The molecule has 15 heavy (non-hydrogen) atoms. The maximum absolute atomic E-state index is 11.7. The lowest BCUT2D eigenvalue weighted by Gasteiger charge is -2.21. The minimum Gasteiger partial charge on any atom is -0.386 e. The van der Waals surface area contributed by atoms with E-state index in [2.05, 4.69) is 4.72 Å². The van der Waals surface area contributed by atoms with Crippen LogP contribution in [-0.4, -0.2) is 26.0 Å². The monoisotopic (exact) mass is 235 g/mol. The molecule has 0 saturated carbocycles. The third kappa shape index (κ3) is 6.46. The molecule has 0 saturated heterocycles. The summed E-state index contributed by atoms with van der Waals surface area (Å²) in [6.45, 7) is 7.33. The highest BCUT2D eigenvalue weighted by atomic mass is 32.2. The molecule has 0 bridgehead atoms. The lowest BCUT2D eigenvalue weighted by molar-refractivity contribution is 0.456. The molecule has 0 aliphatic rings. The summed E-state index contributed by atoms with van der Waals surface area (Å²) in [6, 6.07) is -0.586. The molecule has 0 aromatic rings. The number of amidine groups is 1. The third-order valence-corrected chi connectivity index (χ3v) is 3.62. The van der Waals surface area contributed by atoms with Gasteiger partial charge in [0.1, 0.15) is 5.84 Å². The molecule has 0 radical (unpaired) electrons. The average Bonchev–Trinajstić information content (AvgIpc) is 1.94. The standard InChI is InChI=1S/C9H21N3O2S/c1-5-7(8(10)11)12-15(13,14)6-9(2,3)4/h7,12H,5-6H2,1-4H3,(H3,10,11). The summed E-state index contributed by atoms with van der Waals surface area (Å²) in [5.74, 6) is -0.112. The number of sulfonamides is 1. The first-order valence-corrected chi connectivity index (χ1v) is 6.56. The molecule has 0 aliphatic heterocycles. The molecule has 0 heterocycles. The van der Waals surface area contributed by atoms with Crippen molar-refractivity contribution in [2.24, 2.45) is 11.1 Å². The Morgan fingerprint density at radius 3 is 2.20 bits per heavy atom. The van der Waals surface area contributed by atoms with Crippen LogP contribution >= 0.6 is 0 Å². The highest BCUT2D eigenvalue weighted by Crippen LogP contribution is 2.15. The molecule has 1 atom stereocenters. The normalized spacial score (nSPS) is 14.9. The Morgan fingerprint density at radius 2 is 1.93 bits per heavy atom. The van der Waals surface area contributed by atoms with Crippen molar-refractivity contribution in [2.45, 2.75) is 40.2 Å². The Kier molecular flexibility index (Phi) is 4.73. The van der Waals surface area contributed by atoms with E-state index in [1.807, 2.05) is 20.8 Å². The van der Waals surface area contributed by atoms with Gasteiger partial charge in [0, 0.05) is 0 Å². The van der Waals surface area contributed by atoms with E-state index in [9.17, 15) is 8.42 Å². The molecular formula is C9H21N3O2S. The Balaban J connectivity index is 4.57. The summed E-state index contributed by atoms with van der Waals surface area (Å²) in [7, 11) is -3.37. The van der Waals surface area contributed by atoms with Crippen LogP contribution < -0.4 is 10.5 Å². The summed E-state index contributed by atoms with van der Waals surface area (Å²) in [4.78, 5) is 0. The van der Waals surface area contributed by atoms with Crippen LogP contribution in [0.2, 0.25) is 0 Å². The Hall–Kier alpha value is -0.620. The zero-order chi connectivity index (χ0) is 12.3. The van der Waals surface area contributed by atoms with Gasteiger partial charge in [-0.25, -0.2) is 13.1 Å². The minimum atomic E-state index is -3.37. The predicted octanol–water partition coefficient (Wildman–Crippen LogP) is 0.666. The molecule has 1 unspecified atom stereocenters. The molecule has 0 spiro atoms. The van der Waals surface area contributed by atoms with Crippen LogP contribution in [-0.2, 0) is 10.0 Å². The highest BCUT2D eigenvalue weighted by molar-refractivity contribution is 7.89. The Morgan fingerprint density at radius 1 is 1.47 bits per heavy atom. The first kappa shape index (κ1) is 14.4. The van der Waals surface area contributed by atoms with E-state index in [1.165, 1.54) is 0 Å². The number of hydrogen-bond donors (Lipinski definition) is 3. The maximum Gasteiger partial charge on any atom is 0.212 e. The van der Waals surface area contributed by atoms with Gasteiger partial charge in [0.15, 0.2) is 0 Å². The molecule has 0 aromatic heterocycles. The lowest BCUT2D eigenvalue weighted by Crippen LogP contribution is -2.45. The number of nitrogens with one attached hydrogen (secondary N) is 2. The molecule has 4 N–H and O–H groups in total. The minimum absolute atomic E-state index is 0.0315. The SMILES string of the molecule is CCC(NS(=O)(=O)CC(C)(C)C)C(=N)N. The quantitative estimate of drug-likeness (QED) is 0.482. The van der Waals surface area contributed by atoms with Crippen LogP contribution in [0.1, 0.15) is 34.1 Å². The van der Waals surface area contributed by atoms with Crippen LogP contribution in [0.4, 0.5) is 0 Å². The van der Waals surface area contributed by atoms with Crippen LogP contribution in [0, 0.1) is 10.8 Å². The van der Waals surface area contributed by atoms with E-state index >= 15 is 0 Å². The first-order chi connectivity index (χ1) is 6.57. The Labute approximate surface area is 92.0 Å². The summed E-state index contributed by atoms with van der Waals surface area (Å²) in [5, 5.41) is 7.21. The number of hydrogen-bond acceptors (Lipinski definition) is 3. The zero-order valence-corrected chi connectivity index (χ0v) is 10.6. The Bertz CT molecular complexity index is 317. The molecule has 0 fully saturated rings. The summed E-state index contributed by atoms with van der Waals surface area (Å²) in [5.41, 5.74) is 4.97. The van der Waals surface area contributed by atoms with Crippen molar-refractivity contribution < 1.29 is 8.42 Å². The number of nitrogens with two attached hydrogens (primary N) is 1. The van der Waals surface area contributed by atoms with Crippen LogP contribution in [0.15, 0.2) is 0 Å². The molecular weight excluding hydrogens is 214 g/mol. The van der Waals surface area contributed by atoms with Gasteiger partial charge in [-0.05, 0) is 11.8 Å². The molecule has 90 valence electrons. The van der Waals surface area contributed by atoms with Crippen molar-refractivity contribution in [3.05, 3.63) is 0 Å². The molecule has 0 amide bonds. The van der Waals surface area contributed by atoms with Gasteiger partial charge in [0.05, 0.1) is 11.8 Å². The average molecular weight is 235 g/mol. The van der Waals surface area contributed by atoms with Crippen molar-refractivity contribution in [3.8, 4) is 0 Å². The van der Waals surface area contributed by atoms with E-state index in [0.29, 0.717) is 6.42 Å². The van der Waals surface area contributed by atoms with Gasteiger partial charge in [-0.2, -0.15) is 0 Å². The van der Waals surface area contributed by atoms with Gasteiger partial charge in [-0.15, -0.1) is 0 Å². The predicted molar refractivity (Wildman–Crippen MR) is 62.4 cm³/mol. The van der Waals surface area contributed by atoms with E-state index in [-0.39, 0.29) is 17.0 Å². The van der Waals surface area contributed by atoms with E-state index in [0.717, 1.165) is 0 Å².